The van der Waals surface area contributed by atoms with Crippen LogP contribution in [0.15, 0.2) is 18.2 Å². The van der Waals surface area contributed by atoms with E-state index in [9.17, 15) is 9.59 Å². The second kappa shape index (κ2) is 9.46. The second-order valence-electron chi connectivity index (χ2n) is 9.15. The van der Waals surface area contributed by atoms with Crippen molar-refractivity contribution in [3.05, 3.63) is 40.0 Å². The number of nitrogens with zero attached hydrogens (tertiary/aromatic N) is 4. The van der Waals surface area contributed by atoms with Gasteiger partial charge in [0, 0.05) is 36.3 Å². The predicted molar refractivity (Wildman–Crippen MR) is 131 cm³/mol. The van der Waals surface area contributed by atoms with E-state index in [-0.39, 0.29) is 31.4 Å². The van der Waals surface area contributed by atoms with Crippen LogP contribution >= 0.6 is 11.6 Å². The standard InChI is InChI=1S/C23H29ClN6O3.CH4/c1-13-10-28-8-4-5-16(28)11-29(13)23(32)30-12-17-20(14(30)2)26-27-21(17)25-22(31)15-6-7-18(24)19(9-15)33-3;/h6-7,9,13-14,16H,4-5,8,10-12H2,1-3H3,(H2,25,26,27,31);1H4/t13-,14?,16-;/m0./s1. The average molecular weight is 489 g/mol. The van der Waals surface area contributed by atoms with Crippen molar-refractivity contribution >= 4 is 29.4 Å². The van der Waals surface area contributed by atoms with Gasteiger partial charge in [-0.3, -0.25) is 14.8 Å². The summed E-state index contributed by atoms with van der Waals surface area (Å²) in [4.78, 5) is 32.7. The van der Waals surface area contributed by atoms with E-state index in [1.165, 1.54) is 13.5 Å². The summed E-state index contributed by atoms with van der Waals surface area (Å²) in [5.74, 6) is 0.556. The SMILES string of the molecule is C.COc1cc(C(=O)Nc2n[nH]c3c2CN(C(=O)N2C[C@@H]4CCCN4C[C@@H]2C)C3C)ccc1Cl. The zero-order valence-electron chi connectivity index (χ0n) is 19.1. The maximum atomic E-state index is 13.5. The number of carbonyl (C=O) groups excluding carboxylic acids is 2. The number of halogens is 1. The van der Waals surface area contributed by atoms with Crippen molar-refractivity contribution in [3.63, 3.8) is 0 Å². The minimum Gasteiger partial charge on any atom is -0.495 e. The van der Waals surface area contributed by atoms with Gasteiger partial charge in [-0.25, -0.2) is 4.79 Å². The molecule has 4 heterocycles. The van der Waals surface area contributed by atoms with Crippen molar-refractivity contribution < 1.29 is 14.3 Å². The number of urea groups is 1. The molecule has 3 atom stereocenters. The van der Waals surface area contributed by atoms with Gasteiger partial charge in [0.15, 0.2) is 5.82 Å². The van der Waals surface area contributed by atoms with E-state index in [2.05, 4.69) is 27.3 Å². The molecular formula is C24H33ClN6O3. The summed E-state index contributed by atoms with van der Waals surface area (Å²) in [5, 5.41) is 10.6. The summed E-state index contributed by atoms with van der Waals surface area (Å²) < 4.78 is 5.21. The summed E-state index contributed by atoms with van der Waals surface area (Å²) >= 11 is 6.07. The maximum Gasteiger partial charge on any atom is 0.321 e. The van der Waals surface area contributed by atoms with Crippen molar-refractivity contribution in [2.24, 2.45) is 0 Å². The van der Waals surface area contributed by atoms with Crippen LogP contribution < -0.4 is 10.1 Å². The fourth-order valence-electron chi connectivity index (χ4n) is 5.28. The van der Waals surface area contributed by atoms with Crippen LogP contribution in [0.3, 0.4) is 0 Å². The Balaban J connectivity index is 0.00000274. The van der Waals surface area contributed by atoms with Gasteiger partial charge in [0.25, 0.3) is 5.91 Å². The highest BCUT2D eigenvalue weighted by molar-refractivity contribution is 6.32. The molecule has 2 fully saturated rings. The Labute approximate surface area is 205 Å². The number of benzene rings is 1. The molecule has 2 saturated heterocycles. The van der Waals surface area contributed by atoms with Gasteiger partial charge < -0.3 is 19.9 Å². The molecule has 0 spiro atoms. The number of fused-ring (bicyclic) bond motifs is 2. The Morgan fingerprint density at radius 3 is 2.79 bits per heavy atom. The zero-order valence-corrected chi connectivity index (χ0v) is 19.9. The highest BCUT2D eigenvalue weighted by Crippen LogP contribution is 2.37. The first-order chi connectivity index (χ1) is 15.9. The molecule has 3 amide bonds. The second-order valence-corrected chi connectivity index (χ2v) is 9.55. The molecule has 184 valence electrons. The van der Waals surface area contributed by atoms with Crippen LogP contribution in [0.5, 0.6) is 5.75 Å². The topological polar surface area (TPSA) is 93.8 Å². The van der Waals surface area contributed by atoms with Crippen LogP contribution in [0.1, 0.15) is 61.8 Å². The van der Waals surface area contributed by atoms with Crippen LogP contribution in [0.25, 0.3) is 0 Å². The highest BCUT2D eigenvalue weighted by atomic mass is 35.5. The van der Waals surface area contributed by atoms with Gasteiger partial charge >= 0.3 is 6.03 Å². The van der Waals surface area contributed by atoms with E-state index < -0.39 is 0 Å². The number of ether oxygens (including phenoxy) is 1. The van der Waals surface area contributed by atoms with E-state index in [1.54, 1.807) is 18.2 Å². The third kappa shape index (κ3) is 4.11. The van der Waals surface area contributed by atoms with Gasteiger partial charge in [0.1, 0.15) is 5.75 Å². The van der Waals surface area contributed by atoms with Crippen LogP contribution in [-0.4, -0.2) is 75.7 Å². The minimum atomic E-state index is -0.317. The highest BCUT2D eigenvalue weighted by Gasteiger charge is 2.42. The number of amides is 3. The lowest BCUT2D eigenvalue weighted by molar-refractivity contribution is 0.0580. The van der Waals surface area contributed by atoms with Crippen molar-refractivity contribution in [1.82, 2.24) is 24.9 Å². The number of rotatable bonds is 3. The normalized spacial score (nSPS) is 23.8. The summed E-state index contributed by atoms with van der Waals surface area (Å²) in [7, 11) is 1.50. The molecule has 1 unspecified atom stereocenters. The third-order valence-corrected chi connectivity index (χ3v) is 7.50. The molecule has 2 N–H and O–H groups in total. The predicted octanol–water partition coefficient (Wildman–Crippen LogP) is 4.13. The van der Waals surface area contributed by atoms with Crippen molar-refractivity contribution in [1.29, 1.82) is 0 Å². The van der Waals surface area contributed by atoms with E-state index in [0.29, 0.717) is 34.7 Å². The molecule has 34 heavy (non-hydrogen) atoms. The van der Waals surface area contributed by atoms with E-state index >= 15 is 0 Å². The first-order valence-corrected chi connectivity index (χ1v) is 11.8. The van der Waals surface area contributed by atoms with E-state index in [1.807, 2.05) is 16.7 Å². The van der Waals surface area contributed by atoms with Crippen molar-refractivity contribution in [3.8, 4) is 5.75 Å². The van der Waals surface area contributed by atoms with Crippen LogP contribution in [0.4, 0.5) is 10.6 Å². The van der Waals surface area contributed by atoms with E-state index in [4.69, 9.17) is 16.3 Å². The molecule has 3 aliphatic heterocycles. The molecule has 5 rings (SSSR count). The monoisotopic (exact) mass is 488 g/mol. The smallest absolute Gasteiger partial charge is 0.321 e. The average Bonchev–Trinajstić information content (AvgIpc) is 3.50. The van der Waals surface area contributed by atoms with Gasteiger partial charge in [0.05, 0.1) is 30.4 Å². The summed E-state index contributed by atoms with van der Waals surface area (Å²) in [6.07, 6.45) is 2.36. The number of hydrogen-bond donors (Lipinski definition) is 2. The lowest BCUT2D eigenvalue weighted by Gasteiger charge is -2.44. The number of piperazine rings is 1. The van der Waals surface area contributed by atoms with Gasteiger partial charge in [0.2, 0.25) is 0 Å². The number of carbonyl (C=O) groups is 2. The molecule has 3 aliphatic rings. The third-order valence-electron chi connectivity index (χ3n) is 7.19. The van der Waals surface area contributed by atoms with Gasteiger partial charge in [-0.05, 0) is 51.4 Å². The van der Waals surface area contributed by atoms with Gasteiger partial charge in [-0.1, -0.05) is 19.0 Å². The molecule has 2 aromatic rings. The minimum absolute atomic E-state index is 0. The molecule has 0 radical (unpaired) electrons. The Kier molecular flexibility index (Phi) is 6.78. The quantitative estimate of drug-likeness (QED) is 0.677. The number of aromatic nitrogens is 2. The Bertz CT molecular complexity index is 1090. The fourth-order valence-corrected chi connectivity index (χ4v) is 5.48. The van der Waals surface area contributed by atoms with Crippen LogP contribution in [-0.2, 0) is 6.54 Å². The number of hydrogen-bond acceptors (Lipinski definition) is 5. The molecule has 1 aromatic heterocycles. The Hall–Kier alpha value is -2.78. The van der Waals surface area contributed by atoms with Crippen molar-refractivity contribution in [2.45, 2.75) is 58.8 Å². The number of aromatic amines is 1. The maximum absolute atomic E-state index is 13.5. The zero-order chi connectivity index (χ0) is 23.3. The largest absolute Gasteiger partial charge is 0.495 e. The Morgan fingerprint density at radius 1 is 1.24 bits per heavy atom. The number of H-pyrrole nitrogens is 1. The Morgan fingerprint density at radius 2 is 2.03 bits per heavy atom. The van der Waals surface area contributed by atoms with Crippen molar-refractivity contribution in [2.75, 3.05) is 32.1 Å². The van der Waals surface area contributed by atoms with Gasteiger partial charge in [-0.2, -0.15) is 5.10 Å². The fraction of sp³-hybridized carbons (Fsp3) is 0.542. The molecule has 0 saturated carbocycles. The summed E-state index contributed by atoms with van der Waals surface area (Å²) in [6, 6.07) is 5.39. The molecule has 1 aromatic carbocycles. The van der Waals surface area contributed by atoms with E-state index in [0.717, 1.165) is 37.3 Å². The lowest BCUT2D eigenvalue weighted by Crippen LogP contribution is -2.59. The number of methoxy groups -OCH3 is 1. The van der Waals surface area contributed by atoms with Crippen LogP contribution in [0, 0.1) is 0 Å². The summed E-state index contributed by atoms with van der Waals surface area (Å²) in [6.45, 7) is 7.36. The molecular weight excluding hydrogens is 456 g/mol. The first kappa shape index (κ1) is 24.3. The number of anilines is 1. The molecule has 9 nitrogen and oxygen atoms in total. The molecule has 0 aliphatic carbocycles. The first-order valence-electron chi connectivity index (χ1n) is 11.4. The summed E-state index contributed by atoms with van der Waals surface area (Å²) in [5.41, 5.74) is 2.12. The number of nitrogens with one attached hydrogen (secondary N) is 2. The van der Waals surface area contributed by atoms with Gasteiger partial charge in [-0.15, -0.1) is 0 Å². The lowest BCUT2D eigenvalue weighted by atomic mass is 10.1. The molecule has 10 heteroatoms. The van der Waals surface area contributed by atoms with Crippen LogP contribution in [0.2, 0.25) is 5.02 Å². The molecule has 0 bridgehead atoms.